The lowest BCUT2D eigenvalue weighted by Crippen LogP contribution is -2.39. The number of anilines is 1. The SMILES string of the molecule is CCOC(=O)c1nn(-c2ccc(Cl)cc2)c2c1CN(C(=O)Nc1ccccc1)CC2. The number of aromatic nitrogens is 2. The van der Waals surface area contributed by atoms with E-state index >= 15 is 0 Å². The van der Waals surface area contributed by atoms with Crippen LogP contribution in [-0.4, -0.2) is 39.8 Å². The molecule has 1 aliphatic rings. The quantitative estimate of drug-likeness (QED) is 0.634. The Balaban J connectivity index is 1.65. The highest BCUT2D eigenvalue weighted by Crippen LogP contribution is 2.27. The molecule has 2 aromatic carbocycles. The zero-order chi connectivity index (χ0) is 21.1. The first-order valence-corrected chi connectivity index (χ1v) is 10.1. The number of benzene rings is 2. The maximum atomic E-state index is 12.8. The summed E-state index contributed by atoms with van der Waals surface area (Å²) in [6.07, 6.45) is 0.562. The molecule has 0 spiro atoms. The van der Waals surface area contributed by atoms with Gasteiger partial charge in [0, 0.05) is 29.2 Å². The van der Waals surface area contributed by atoms with Crippen molar-refractivity contribution in [2.75, 3.05) is 18.5 Å². The minimum atomic E-state index is -0.494. The Morgan fingerprint density at radius 3 is 2.57 bits per heavy atom. The number of hydrogen-bond donors (Lipinski definition) is 1. The van der Waals surface area contributed by atoms with Crippen molar-refractivity contribution in [3.63, 3.8) is 0 Å². The summed E-state index contributed by atoms with van der Waals surface area (Å²) < 4.78 is 6.94. The first-order valence-electron chi connectivity index (χ1n) is 9.71. The molecule has 0 atom stereocenters. The third-order valence-electron chi connectivity index (χ3n) is 4.91. The highest BCUT2D eigenvalue weighted by molar-refractivity contribution is 6.30. The van der Waals surface area contributed by atoms with Crippen LogP contribution in [-0.2, 0) is 17.7 Å². The van der Waals surface area contributed by atoms with Gasteiger partial charge in [0.05, 0.1) is 24.5 Å². The molecular weight excluding hydrogens is 404 g/mol. The van der Waals surface area contributed by atoms with E-state index in [4.69, 9.17) is 16.3 Å². The summed E-state index contributed by atoms with van der Waals surface area (Å²) in [4.78, 5) is 27.0. The van der Waals surface area contributed by atoms with Gasteiger partial charge in [0.2, 0.25) is 0 Å². The lowest BCUT2D eigenvalue weighted by molar-refractivity contribution is 0.0516. The zero-order valence-corrected chi connectivity index (χ0v) is 17.2. The molecule has 30 heavy (non-hydrogen) atoms. The Kier molecular flexibility index (Phi) is 5.72. The van der Waals surface area contributed by atoms with Crippen molar-refractivity contribution in [2.45, 2.75) is 19.9 Å². The van der Waals surface area contributed by atoms with E-state index in [-0.39, 0.29) is 24.9 Å². The number of esters is 1. The molecule has 1 aliphatic heterocycles. The third-order valence-corrected chi connectivity index (χ3v) is 5.16. The monoisotopic (exact) mass is 424 g/mol. The van der Waals surface area contributed by atoms with Crippen molar-refractivity contribution in [2.24, 2.45) is 0 Å². The second-order valence-corrected chi connectivity index (χ2v) is 7.29. The van der Waals surface area contributed by atoms with Gasteiger partial charge in [-0.1, -0.05) is 29.8 Å². The van der Waals surface area contributed by atoms with Gasteiger partial charge in [-0.15, -0.1) is 0 Å². The van der Waals surface area contributed by atoms with Gasteiger partial charge in [-0.2, -0.15) is 5.10 Å². The van der Waals surface area contributed by atoms with Crippen molar-refractivity contribution >= 4 is 29.3 Å². The van der Waals surface area contributed by atoms with Gasteiger partial charge in [-0.3, -0.25) is 0 Å². The van der Waals surface area contributed by atoms with Crippen LogP contribution in [0.25, 0.3) is 5.69 Å². The maximum absolute atomic E-state index is 12.8. The summed E-state index contributed by atoms with van der Waals surface area (Å²) in [5, 5.41) is 8.04. The van der Waals surface area contributed by atoms with Crippen LogP contribution in [0, 0.1) is 0 Å². The van der Waals surface area contributed by atoms with Gasteiger partial charge in [-0.25, -0.2) is 14.3 Å². The molecule has 3 aromatic rings. The Bertz CT molecular complexity index is 1060. The fourth-order valence-electron chi connectivity index (χ4n) is 3.48. The van der Waals surface area contributed by atoms with Crippen LogP contribution >= 0.6 is 11.6 Å². The number of halogens is 1. The van der Waals surface area contributed by atoms with Gasteiger partial charge in [-0.05, 0) is 43.3 Å². The molecule has 1 aromatic heterocycles. The second-order valence-electron chi connectivity index (χ2n) is 6.85. The Morgan fingerprint density at radius 1 is 1.13 bits per heavy atom. The molecule has 0 aliphatic carbocycles. The topological polar surface area (TPSA) is 76.5 Å². The number of rotatable bonds is 4. The molecule has 154 valence electrons. The number of hydrogen-bond acceptors (Lipinski definition) is 4. The van der Waals surface area contributed by atoms with Crippen LogP contribution < -0.4 is 5.32 Å². The Hall–Kier alpha value is -3.32. The van der Waals surface area contributed by atoms with E-state index in [0.29, 0.717) is 23.6 Å². The number of fused-ring (bicyclic) bond motifs is 1. The van der Waals surface area contributed by atoms with E-state index in [9.17, 15) is 9.59 Å². The average molecular weight is 425 g/mol. The van der Waals surface area contributed by atoms with E-state index in [1.807, 2.05) is 42.5 Å². The smallest absolute Gasteiger partial charge is 0.359 e. The van der Waals surface area contributed by atoms with Crippen molar-refractivity contribution in [3.05, 3.63) is 76.6 Å². The number of carbonyl (C=O) groups is 2. The van der Waals surface area contributed by atoms with Crippen LogP contribution in [0.3, 0.4) is 0 Å². The predicted octanol–water partition coefficient (Wildman–Crippen LogP) is 4.29. The van der Waals surface area contributed by atoms with Crippen LogP contribution in [0.2, 0.25) is 5.02 Å². The van der Waals surface area contributed by atoms with Crippen LogP contribution in [0.15, 0.2) is 54.6 Å². The highest BCUT2D eigenvalue weighted by atomic mass is 35.5. The first-order chi connectivity index (χ1) is 14.6. The largest absolute Gasteiger partial charge is 0.461 e. The molecule has 0 saturated heterocycles. The van der Waals surface area contributed by atoms with Crippen molar-refractivity contribution in [1.29, 1.82) is 0 Å². The summed E-state index contributed by atoms with van der Waals surface area (Å²) in [5.41, 5.74) is 3.35. The van der Waals surface area contributed by atoms with Crippen molar-refractivity contribution in [3.8, 4) is 5.69 Å². The fraction of sp³-hybridized carbons (Fsp3) is 0.227. The number of carbonyl (C=O) groups excluding carboxylic acids is 2. The molecule has 4 rings (SSSR count). The van der Waals surface area contributed by atoms with Gasteiger partial charge >= 0.3 is 12.0 Å². The van der Waals surface area contributed by atoms with Gasteiger partial charge in [0.25, 0.3) is 0 Å². The molecular formula is C22H21ClN4O3. The third kappa shape index (κ3) is 4.02. The molecule has 2 heterocycles. The molecule has 8 heteroatoms. The minimum Gasteiger partial charge on any atom is -0.461 e. The average Bonchev–Trinajstić information content (AvgIpc) is 3.14. The van der Waals surface area contributed by atoms with Crippen molar-refractivity contribution in [1.82, 2.24) is 14.7 Å². The fourth-order valence-corrected chi connectivity index (χ4v) is 3.60. The van der Waals surface area contributed by atoms with Gasteiger partial charge in [0.15, 0.2) is 5.69 Å². The highest BCUT2D eigenvalue weighted by Gasteiger charge is 2.31. The molecule has 0 unspecified atom stereocenters. The number of urea groups is 1. The molecule has 0 saturated carbocycles. The normalized spacial score (nSPS) is 12.9. The van der Waals surface area contributed by atoms with E-state index in [0.717, 1.165) is 17.1 Å². The van der Waals surface area contributed by atoms with Crippen LogP contribution in [0.4, 0.5) is 10.5 Å². The van der Waals surface area contributed by atoms with E-state index in [2.05, 4.69) is 10.4 Å². The van der Waals surface area contributed by atoms with E-state index in [1.54, 1.807) is 28.6 Å². The minimum absolute atomic E-state index is 0.221. The molecule has 2 amide bonds. The number of ether oxygens (including phenoxy) is 1. The molecule has 7 nitrogen and oxygen atoms in total. The standard InChI is InChI=1S/C22H21ClN4O3/c1-2-30-21(28)20-18-14-26(22(29)24-16-6-4-3-5-7-16)13-12-19(18)27(25-20)17-10-8-15(23)9-11-17/h3-11H,2,12-14H2,1H3,(H,24,29). The van der Waals surface area contributed by atoms with Gasteiger partial charge in [0.1, 0.15) is 0 Å². The molecule has 1 N–H and O–H groups in total. The lowest BCUT2D eigenvalue weighted by atomic mass is 10.0. The van der Waals surface area contributed by atoms with Crippen molar-refractivity contribution < 1.29 is 14.3 Å². The predicted molar refractivity (Wildman–Crippen MR) is 114 cm³/mol. The number of para-hydroxylation sites is 1. The van der Waals surface area contributed by atoms with Crippen LogP contribution in [0.1, 0.15) is 28.7 Å². The van der Waals surface area contributed by atoms with E-state index < -0.39 is 5.97 Å². The number of amides is 2. The lowest BCUT2D eigenvalue weighted by Gasteiger charge is -2.28. The molecule has 0 radical (unpaired) electrons. The summed E-state index contributed by atoms with van der Waals surface area (Å²) in [5.74, 6) is -0.494. The first kappa shape index (κ1) is 20.0. The Morgan fingerprint density at radius 2 is 1.87 bits per heavy atom. The summed E-state index contributed by atoms with van der Waals surface area (Å²) >= 11 is 6.00. The summed E-state index contributed by atoms with van der Waals surface area (Å²) in [7, 11) is 0. The van der Waals surface area contributed by atoms with Gasteiger partial charge < -0.3 is 15.0 Å². The second kappa shape index (κ2) is 8.59. The number of nitrogens with one attached hydrogen (secondary N) is 1. The maximum Gasteiger partial charge on any atom is 0.359 e. The molecule has 0 bridgehead atoms. The zero-order valence-electron chi connectivity index (χ0n) is 16.5. The van der Waals surface area contributed by atoms with Crippen LogP contribution in [0.5, 0.6) is 0 Å². The summed E-state index contributed by atoms with van der Waals surface area (Å²) in [6.45, 7) is 2.78. The Labute approximate surface area is 179 Å². The van der Waals surface area contributed by atoms with E-state index in [1.165, 1.54) is 0 Å². The molecule has 0 fully saturated rings. The number of nitrogens with zero attached hydrogens (tertiary/aromatic N) is 3. The summed E-state index contributed by atoms with van der Waals surface area (Å²) in [6, 6.07) is 16.3.